The average Bonchev–Trinajstić information content (AvgIpc) is 3.68. The van der Waals surface area contributed by atoms with Gasteiger partial charge in [-0.1, -0.05) is 13.8 Å². The molecular formula is C50H54N4O19. The Labute approximate surface area is 416 Å². The molecule has 0 spiro atoms. The van der Waals surface area contributed by atoms with E-state index < -0.39 is 107 Å². The molecule has 4 aromatic rings. The Morgan fingerprint density at radius 3 is 2.21 bits per heavy atom. The summed E-state index contributed by atoms with van der Waals surface area (Å²) in [6.45, 7) is 12.7. The number of anilines is 1. The smallest absolute Gasteiger partial charge is 0.408 e. The highest BCUT2D eigenvalue weighted by molar-refractivity contribution is 5.99. The molecule has 23 heteroatoms. The number of nitrogens with zero attached hydrogens (tertiary/aromatic N) is 2. The minimum atomic E-state index is -2.02. The highest BCUT2D eigenvalue weighted by Crippen LogP contribution is 2.41. The Hall–Kier alpha value is -7.92. The zero-order chi connectivity index (χ0) is 53.4. The summed E-state index contributed by atoms with van der Waals surface area (Å²) in [5.74, 6) is -7.04. The number of amides is 2. The third kappa shape index (κ3) is 10.8. The van der Waals surface area contributed by atoms with Crippen LogP contribution in [0.2, 0.25) is 0 Å². The molecule has 1 fully saturated rings. The monoisotopic (exact) mass is 1010 g/mol. The lowest BCUT2D eigenvalue weighted by atomic mass is 9.86. The van der Waals surface area contributed by atoms with Crippen LogP contribution in [-0.4, -0.2) is 112 Å². The fourth-order valence-corrected chi connectivity index (χ4v) is 8.74. The lowest BCUT2D eigenvalue weighted by molar-refractivity contribution is -0.282. The molecule has 2 aromatic heterocycles. The van der Waals surface area contributed by atoms with Crippen molar-refractivity contribution < 1.29 is 86.1 Å². The van der Waals surface area contributed by atoms with Gasteiger partial charge in [0.15, 0.2) is 23.9 Å². The van der Waals surface area contributed by atoms with Gasteiger partial charge in [-0.15, -0.1) is 0 Å². The molecule has 1 saturated heterocycles. The number of pyridine rings is 2. The van der Waals surface area contributed by atoms with Crippen molar-refractivity contribution in [2.24, 2.45) is 0 Å². The number of aryl methyl sites for hydroxylation is 1. The van der Waals surface area contributed by atoms with Crippen molar-refractivity contribution in [1.82, 2.24) is 14.9 Å². The molecule has 7 rings (SSSR count). The predicted octanol–water partition coefficient (Wildman–Crippen LogP) is 3.78. The number of cyclic esters (lactones) is 1. The van der Waals surface area contributed by atoms with Crippen LogP contribution in [-0.2, 0) is 87.1 Å². The number of esters is 6. The van der Waals surface area contributed by atoms with Crippen LogP contribution < -0.4 is 25.7 Å². The Kier molecular flexibility index (Phi) is 15.0. The molecule has 3 aliphatic heterocycles. The summed E-state index contributed by atoms with van der Waals surface area (Å²) < 4.78 is 51.4. The molecule has 0 bridgehead atoms. The van der Waals surface area contributed by atoms with Gasteiger partial charge in [-0.2, -0.15) is 0 Å². The van der Waals surface area contributed by atoms with Crippen molar-refractivity contribution >= 4 is 64.4 Å². The number of alkyl carbamates (subject to hydrolysis) is 1. The Balaban J connectivity index is 1.27. The summed E-state index contributed by atoms with van der Waals surface area (Å²) in [7, 11) is 1.00. The standard InChI is InChI=1S/C50H54N4O19/c1-11-28-30-18-27(14-16-34(30)53-37-31(28)20-54-35(37)19-33-32(43(54)59)21-66-47(62)50(33,64)12-2)70-44(60)29-15-13-26(52-42(58)22(3)51-48(63)73-49(7,8)9)17-36(29)71-46-41(69-25(6)57)39(68-24(5)56)38(67-23(4)55)40(72-46)45(61)65-10/h13-19,22,38-41,46,64H,11-12,20-21H2,1-10H3,(H,51,63)(H,52,58)/t22-,38-,39-,40-,41+,46+,50-/m0/s1. The van der Waals surface area contributed by atoms with Gasteiger partial charge in [-0.3, -0.25) is 24.0 Å². The maximum absolute atomic E-state index is 14.4. The van der Waals surface area contributed by atoms with E-state index in [1.165, 1.54) is 35.8 Å². The highest BCUT2D eigenvalue weighted by atomic mass is 16.7. The molecule has 388 valence electrons. The number of hydrogen-bond acceptors (Lipinski definition) is 20. The van der Waals surface area contributed by atoms with E-state index in [0.717, 1.165) is 33.4 Å². The van der Waals surface area contributed by atoms with E-state index >= 15 is 0 Å². The van der Waals surface area contributed by atoms with E-state index in [-0.39, 0.29) is 47.7 Å². The second-order valence-electron chi connectivity index (χ2n) is 18.3. The maximum atomic E-state index is 14.4. The first-order chi connectivity index (χ1) is 34.4. The van der Waals surface area contributed by atoms with Crippen molar-refractivity contribution in [3.8, 4) is 22.9 Å². The number of hydrogen-bond donors (Lipinski definition) is 3. The van der Waals surface area contributed by atoms with Gasteiger partial charge in [-0.25, -0.2) is 24.2 Å². The van der Waals surface area contributed by atoms with Gasteiger partial charge in [0.25, 0.3) is 5.56 Å². The van der Waals surface area contributed by atoms with Crippen LogP contribution in [0.3, 0.4) is 0 Å². The van der Waals surface area contributed by atoms with E-state index in [1.54, 1.807) is 45.9 Å². The lowest BCUT2D eigenvalue weighted by Crippen LogP contribution is -2.64. The van der Waals surface area contributed by atoms with Crippen molar-refractivity contribution in [1.29, 1.82) is 0 Å². The first-order valence-corrected chi connectivity index (χ1v) is 23.1. The van der Waals surface area contributed by atoms with Gasteiger partial charge in [0.1, 0.15) is 35.3 Å². The van der Waals surface area contributed by atoms with Crippen molar-refractivity contribution in [2.75, 3.05) is 12.4 Å². The minimum Gasteiger partial charge on any atom is -0.467 e. The summed E-state index contributed by atoms with van der Waals surface area (Å²) in [6, 6.07) is 8.77. The Morgan fingerprint density at radius 1 is 0.904 bits per heavy atom. The molecule has 2 aromatic carbocycles. The molecule has 73 heavy (non-hydrogen) atoms. The summed E-state index contributed by atoms with van der Waals surface area (Å²) in [4.78, 5) is 122. The molecule has 0 radical (unpaired) electrons. The minimum absolute atomic E-state index is 0.0164. The van der Waals surface area contributed by atoms with Gasteiger partial charge >= 0.3 is 41.9 Å². The van der Waals surface area contributed by atoms with Gasteiger partial charge in [0.05, 0.1) is 36.1 Å². The van der Waals surface area contributed by atoms with Crippen LogP contribution in [0.25, 0.3) is 22.3 Å². The number of carbonyl (C=O) groups is 8. The normalized spacial score (nSPS) is 21.2. The molecule has 0 unspecified atom stereocenters. The van der Waals surface area contributed by atoms with Crippen LogP contribution in [0, 0.1) is 0 Å². The van der Waals surface area contributed by atoms with Crippen LogP contribution >= 0.6 is 0 Å². The van der Waals surface area contributed by atoms with E-state index in [2.05, 4.69) is 10.6 Å². The number of nitrogens with one attached hydrogen (secondary N) is 2. The summed E-state index contributed by atoms with van der Waals surface area (Å²) in [5.41, 5.74) is -0.573. The van der Waals surface area contributed by atoms with E-state index in [9.17, 15) is 48.3 Å². The van der Waals surface area contributed by atoms with Gasteiger partial charge < -0.3 is 62.9 Å². The van der Waals surface area contributed by atoms with Crippen LogP contribution in [0.15, 0.2) is 47.3 Å². The van der Waals surface area contributed by atoms with Crippen molar-refractivity contribution in [3.63, 3.8) is 0 Å². The van der Waals surface area contributed by atoms with Gasteiger partial charge in [0.2, 0.25) is 18.3 Å². The number of ether oxygens (including phenoxy) is 9. The molecule has 5 heterocycles. The molecule has 3 N–H and O–H groups in total. The Bertz CT molecular complexity index is 3010. The molecule has 23 nitrogen and oxygen atoms in total. The van der Waals surface area contributed by atoms with Gasteiger partial charge in [0, 0.05) is 49.0 Å². The summed E-state index contributed by atoms with van der Waals surface area (Å²) in [5, 5.41) is 16.9. The molecular weight excluding hydrogens is 961 g/mol. The number of methoxy groups -OCH3 is 1. The highest BCUT2D eigenvalue weighted by Gasteiger charge is 2.56. The zero-order valence-electron chi connectivity index (χ0n) is 41.5. The number of benzene rings is 2. The number of aromatic nitrogens is 2. The van der Waals surface area contributed by atoms with Crippen LogP contribution in [0.5, 0.6) is 11.5 Å². The molecule has 0 saturated carbocycles. The van der Waals surface area contributed by atoms with Crippen LogP contribution in [0.1, 0.15) is 101 Å². The van der Waals surface area contributed by atoms with Crippen molar-refractivity contribution in [2.45, 2.75) is 136 Å². The first-order valence-electron chi connectivity index (χ1n) is 23.1. The number of aliphatic hydroxyl groups is 1. The number of rotatable bonds is 13. The number of fused-ring (bicyclic) bond motifs is 5. The Morgan fingerprint density at radius 2 is 1.58 bits per heavy atom. The van der Waals surface area contributed by atoms with Crippen LogP contribution in [0.4, 0.5) is 10.5 Å². The van der Waals surface area contributed by atoms with Gasteiger partial charge in [-0.05, 0) is 82.5 Å². The van der Waals surface area contributed by atoms with E-state index in [1.807, 2.05) is 6.92 Å². The molecule has 2 amide bonds. The summed E-state index contributed by atoms with van der Waals surface area (Å²) >= 11 is 0. The topological polar surface area (TPSA) is 299 Å². The molecule has 7 atom stereocenters. The van der Waals surface area contributed by atoms with Crippen molar-refractivity contribution in [3.05, 3.63) is 80.6 Å². The van der Waals surface area contributed by atoms with E-state index in [0.29, 0.717) is 34.3 Å². The quantitative estimate of drug-likeness (QED) is 0.0858. The molecule has 0 aliphatic carbocycles. The third-order valence-electron chi connectivity index (χ3n) is 12.0. The fraction of sp³-hybridized carbons (Fsp3) is 0.440. The first kappa shape index (κ1) is 52.9. The summed E-state index contributed by atoms with van der Waals surface area (Å²) in [6.07, 6.45) is -9.59. The zero-order valence-corrected chi connectivity index (χ0v) is 41.5. The maximum Gasteiger partial charge on any atom is 0.408 e. The predicted molar refractivity (Wildman–Crippen MR) is 251 cm³/mol. The largest absolute Gasteiger partial charge is 0.467 e. The second kappa shape index (κ2) is 20.7. The van der Waals surface area contributed by atoms with E-state index in [4.69, 9.17) is 47.6 Å². The third-order valence-corrected chi connectivity index (χ3v) is 12.0. The number of carbonyl (C=O) groups excluding carboxylic acids is 8. The molecule has 3 aliphatic rings. The second-order valence-corrected chi connectivity index (χ2v) is 18.3. The lowest BCUT2D eigenvalue weighted by Gasteiger charge is -2.43. The fourth-order valence-electron chi connectivity index (χ4n) is 8.74. The average molecular weight is 1010 g/mol. The SMILES string of the molecule is CCc1c2c(nc3ccc(OC(=O)c4ccc(NC(=O)[C@H](C)NC(=O)OC(C)(C)C)cc4O[C@@H]4O[C@H](C(=O)OC)[C@@H](OC(C)=O)[C@H](OC(C)=O)[C@H]4OC(C)=O)cc13)-c1cc3c(c(=O)n1C2)COC(=O)[C@]3(O)CC.